The van der Waals surface area contributed by atoms with Gasteiger partial charge in [0, 0.05) is 24.9 Å². The highest BCUT2D eigenvalue weighted by atomic mass is 19.5. The fourth-order valence-electron chi connectivity index (χ4n) is 2.14. The predicted octanol–water partition coefficient (Wildman–Crippen LogP) is 3.29. The molecule has 0 unspecified atom stereocenters. The van der Waals surface area contributed by atoms with Crippen LogP contribution in [0, 0.1) is 0 Å². The Bertz CT molecular complexity index is 424. The average molecular weight is 276 g/mol. The molecule has 1 aliphatic carbocycles. The van der Waals surface area contributed by atoms with Gasteiger partial charge in [-0.25, -0.2) is 0 Å². The van der Waals surface area contributed by atoms with Crippen molar-refractivity contribution in [2.45, 2.75) is 26.2 Å². The van der Waals surface area contributed by atoms with Crippen LogP contribution in [0.4, 0.5) is 17.3 Å². The molecule has 0 atom stereocenters. The summed E-state index contributed by atoms with van der Waals surface area (Å²) in [5.41, 5.74) is 12.1. The van der Waals surface area contributed by atoms with Crippen LogP contribution in [-0.4, -0.2) is 35.7 Å². The molecule has 0 aromatic rings. The van der Waals surface area contributed by atoms with E-state index in [4.69, 9.17) is 5.53 Å². The molecule has 0 N–H and O–H groups in total. The van der Waals surface area contributed by atoms with E-state index in [0.717, 1.165) is 12.1 Å². The van der Waals surface area contributed by atoms with Gasteiger partial charge in [-0.05, 0) is 31.4 Å². The molecule has 2 aliphatic rings. The first-order valence-electron chi connectivity index (χ1n) is 6.02. The summed E-state index contributed by atoms with van der Waals surface area (Å²) < 4.78 is 39.0. The number of rotatable bonds is 1. The summed E-state index contributed by atoms with van der Waals surface area (Å²) in [5.74, 6) is 0. The van der Waals surface area contributed by atoms with Crippen molar-refractivity contribution in [1.29, 1.82) is 0 Å². The Morgan fingerprint density at radius 1 is 1.16 bits per heavy atom. The smallest absolute Gasteiger partial charge is 0.418 e. The maximum atomic E-state index is 9.75. The van der Waals surface area contributed by atoms with Crippen molar-refractivity contribution in [3.8, 4) is 0 Å². The van der Waals surface area contributed by atoms with Gasteiger partial charge in [0.1, 0.15) is 0 Å². The van der Waals surface area contributed by atoms with Gasteiger partial charge in [-0.15, -0.1) is 0 Å². The Labute approximate surface area is 109 Å². The third-order valence-electron chi connectivity index (χ3n) is 2.89. The molecule has 1 heterocycles. The van der Waals surface area contributed by atoms with Gasteiger partial charge in [0.15, 0.2) is 0 Å². The monoisotopic (exact) mass is 276 g/mol. The van der Waals surface area contributed by atoms with Gasteiger partial charge in [0.05, 0.1) is 6.42 Å². The highest BCUT2D eigenvalue weighted by Gasteiger charge is 2.21. The summed E-state index contributed by atoms with van der Waals surface area (Å²) in [7, 11) is -6.00. The lowest BCUT2D eigenvalue weighted by atomic mass is 10.0. The number of likely N-dealkylation sites (tertiary alicyclic amines) is 1. The molecule has 3 nitrogen and oxygen atoms in total. The normalized spacial score (nSPS) is 19.2. The van der Waals surface area contributed by atoms with E-state index in [1.165, 1.54) is 37.2 Å². The molecule has 1 saturated heterocycles. The third-order valence-corrected chi connectivity index (χ3v) is 2.89. The van der Waals surface area contributed by atoms with Crippen molar-refractivity contribution in [2.24, 2.45) is 0 Å². The molecule has 1 aliphatic heterocycles. The number of hydrogen-bond donors (Lipinski definition) is 0. The van der Waals surface area contributed by atoms with E-state index in [1.54, 1.807) is 0 Å². The summed E-state index contributed by atoms with van der Waals surface area (Å²) in [5, 5.41) is 0. The second kappa shape index (κ2) is 6.56. The molecule has 8 heteroatoms. The predicted molar refractivity (Wildman–Crippen MR) is 66.1 cm³/mol. The molecule has 106 valence electrons. The average Bonchev–Trinajstić information content (AvgIpc) is 2.80. The first kappa shape index (κ1) is 15.5. The van der Waals surface area contributed by atoms with Crippen LogP contribution in [-0.2, 0) is 0 Å². The summed E-state index contributed by atoms with van der Waals surface area (Å²) >= 11 is 0. The molecular formula is C11H15BF4N3-. The molecule has 19 heavy (non-hydrogen) atoms. The van der Waals surface area contributed by atoms with E-state index in [-0.39, 0.29) is 0 Å². The van der Waals surface area contributed by atoms with E-state index in [1.807, 2.05) is 6.08 Å². The van der Waals surface area contributed by atoms with Gasteiger partial charge in [0.25, 0.3) is 5.71 Å². The van der Waals surface area contributed by atoms with E-state index in [9.17, 15) is 17.3 Å². The molecule has 0 aromatic carbocycles. The molecule has 0 bridgehead atoms. The highest BCUT2D eigenvalue weighted by molar-refractivity contribution is 6.50. The van der Waals surface area contributed by atoms with Crippen LogP contribution in [0.5, 0.6) is 0 Å². The fraction of sp³-hybridized carbons (Fsp3) is 0.545. The number of nitrogens with zero attached hydrogens (tertiary/aromatic N) is 3. The molecule has 1 fully saturated rings. The van der Waals surface area contributed by atoms with Crippen LogP contribution < -0.4 is 0 Å². The fourth-order valence-corrected chi connectivity index (χ4v) is 2.14. The van der Waals surface area contributed by atoms with Crippen molar-refractivity contribution in [3.63, 3.8) is 0 Å². The zero-order valence-corrected chi connectivity index (χ0v) is 10.6. The van der Waals surface area contributed by atoms with Gasteiger partial charge in [0.2, 0.25) is 0 Å². The summed E-state index contributed by atoms with van der Waals surface area (Å²) in [4.78, 5) is 5.65. The highest BCUT2D eigenvalue weighted by Crippen LogP contribution is 2.23. The Morgan fingerprint density at radius 3 is 2.11 bits per heavy atom. The van der Waals surface area contributed by atoms with Crippen molar-refractivity contribution in [1.82, 2.24) is 4.90 Å². The molecular weight excluding hydrogens is 261 g/mol. The zero-order chi connectivity index (χ0) is 14.5. The van der Waals surface area contributed by atoms with Crippen LogP contribution in [0.25, 0.3) is 5.53 Å². The van der Waals surface area contributed by atoms with Gasteiger partial charge < -0.3 is 27.7 Å². The topological polar surface area (TPSA) is 39.6 Å². The van der Waals surface area contributed by atoms with Crippen molar-refractivity contribution in [3.05, 3.63) is 29.0 Å². The number of halogens is 4. The van der Waals surface area contributed by atoms with E-state index in [2.05, 4.69) is 22.7 Å². The van der Waals surface area contributed by atoms with Crippen molar-refractivity contribution < 1.29 is 22.1 Å². The number of hydrogen-bond acceptors (Lipinski definition) is 1. The first-order valence-corrected chi connectivity index (χ1v) is 6.02. The standard InChI is InChI=1S/C11H15N3.BF4/c1-9-8-10(13-12)4-5-11(9)14-6-2-3-7-14;2-1(3,4)5/h4-5H,2-3,6-8H2,1H3;/q;-1. The quantitative estimate of drug-likeness (QED) is 0.313. The molecule has 0 saturated carbocycles. The van der Waals surface area contributed by atoms with Crippen molar-refractivity contribution >= 4 is 13.0 Å². The van der Waals surface area contributed by atoms with Gasteiger partial charge in [-0.2, -0.15) is 4.79 Å². The second-order valence-corrected chi connectivity index (χ2v) is 4.46. The Morgan fingerprint density at radius 2 is 1.68 bits per heavy atom. The summed E-state index contributed by atoms with van der Waals surface area (Å²) in [6.07, 6.45) is 7.34. The van der Waals surface area contributed by atoms with Gasteiger partial charge >= 0.3 is 7.25 Å². The Kier molecular flexibility index (Phi) is 5.36. The third kappa shape index (κ3) is 5.74. The molecule has 2 rings (SSSR count). The Hall–Kier alpha value is -1.56. The van der Waals surface area contributed by atoms with E-state index >= 15 is 0 Å². The lowest BCUT2D eigenvalue weighted by molar-refractivity contribution is -0.00569. The van der Waals surface area contributed by atoms with Gasteiger partial charge in [-0.3, -0.25) is 0 Å². The maximum absolute atomic E-state index is 9.75. The second-order valence-electron chi connectivity index (χ2n) is 4.46. The summed E-state index contributed by atoms with van der Waals surface area (Å²) in [6, 6.07) is 0. The molecule has 0 aromatic heterocycles. The molecule has 0 amide bonds. The van der Waals surface area contributed by atoms with Gasteiger partial charge in [-0.1, -0.05) is 0 Å². The van der Waals surface area contributed by atoms with Crippen LogP contribution in [0.2, 0.25) is 0 Å². The minimum Gasteiger partial charge on any atom is -0.418 e. The van der Waals surface area contributed by atoms with Crippen LogP contribution >= 0.6 is 0 Å². The SMILES string of the molecule is CC1=C(N2CCCC2)C=CC(=[N+]=[N-])C1.F[B-](F)(F)F. The van der Waals surface area contributed by atoms with Crippen LogP contribution in [0.3, 0.4) is 0 Å². The van der Waals surface area contributed by atoms with Crippen LogP contribution in [0.1, 0.15) is 26.2 Å². The minimum absolute atomic E-state index is 0.755. The van der Waals surface area contributed by atoms with Crippen molar-refractivity contribution in [2.75, 3.05) is 13.1 Å². The maximum Gasteiger partial charge on any atom is 0.673 e. The molecule has 0 radical (unpaired) electrons. The van der Waals surface area contributed by atoms with Crippen LogP contribution in [0.15, 0.2) is 23.4 Å². The largest absolute Gasteiger partial charge is 0.673 e. The zero-order valence-electron chi connectivity index (χ0n) is 10.6. The lowest BCUT2D eigenvalue weighted by Gasteiger charge is -2.22. The lowest BCUT2D eigenvalue weighted by Crippen LogP contribution is -2.21. The van der Waals surface area contributed by atoms with E-state index in [0.29, 0.717) is 0 Å². The summed E-state index contributed by atoms with van der Waals surface area (Å²) in [6.45, 7) is 4.45. The Balaban J connectivity index is 0.000000312. The molecule has 0 spiro atoms. The first-order chi connectivity index (χ1) is 8.81. The number of allylic oxidation sites excluding steroid dienone is 3. The van der Waals surface area contributed by atoms with E-state index < -0.39 is 7.25 Å². The minimum atomic E-state index is -6.00.